The van der Waals surface area contributed by atoms with Crippen LogP contribution in [0.5, 0.6) is 11.5 Å². The van der Waals surface area contributed by atoms with E-state index in [0.717, 1.165) is 14.9 Å². The highest BCUT2D eigenvalue weighted by atomic mass is 79.9. The Kier molecular flexibility index (Phi) is 7.60. The molecule has 0 unspecified atom stereocenters. The minimum atomic E-state index is -0.533. The van der Waals surface area contributed by atoms with E-state index >= 15 is 0 Å². The summed E-state index contributed by atoms with van der Waals surface area (Å²) >= 11 is 12.9. The van der Waals surface area contributed by atoms with Crippen molar-refractivity contribution < 1.29 is 19.1 Å². The molecule has 1 saturated heterocycles. The van der Waals surface area contributed by atoms with Gasteiger partial charge in [0, 0.05) is 14.0 Å². The molecule has 1 aliphatic rings. The minimum Gasteiger partial charge on any atom is -0.490 e. The minimum absolute atomic E-state index is 0.145. The van der Waals surface area contributed by atoms with Crippen molar-refractivity contribution in [3.63, 3.8) is 0 Å². The van der Waals surface area contributed by atoms with Crippen molar-refractivity contribution in [2.45, 2.75) is 13.5 Å². The van der Waals surface area contributed by atoms with E-state index in [1.807, 2.05) is 31.2 Å². The Labute approximate surface area is 218 Å². The molecule has 0 aliphatic carbocycles. The Bertz CT molecular complexity index is 1260. The number of carbonyl (C=O) groups is 2. The van der Waals surface area contributed by atoms with Crippen LogP contribution in [0.3, 0.4) is 0 Å². The van der Waals surface area contributed by atoms with Gasteiger partial charge in [0.05, 0.1) is 12.3 Å². The fourth-order valence-corrected chi connectivity index (χ4v) is 4.13. The van der Waals surface area contributed by atoms with Gasteiger partial charge in [-0.2, -0.15) is 0 Å². The predicted molar refractivity (Wildman–Crippen MR) is 139 cm³/mol. The van der Waals surface area contributed by atoms with Gasteiger partial charge in [-0.25, -0.2) is 9.69 Å². The summed E-state index contributed by atoms with van der Waals surface area (Å²) in [6.07, 6.45) is 1.60. The zero-order valence-corrected chi connectivity index (χ0v) is 21.9. The topological polar surface area (TPSA) is 67.9 Å². The molecule has 174 valence electrons. The number of ether oxygens (including phenoxy) is 2. The van der Waals surface area contributed by atoms with E-state index in [-0.39, 0.29) is 5.70 Å². The number of rotatable bonds is 7. The number of nitrogens with zero attached hydrogens (tertiary/aromatic N) is 1. The summed E-state index contributed by atoms with van der Waals surface area (Å²) in [5, 5.41) is 3.14. The third-order valence-electron chi connectivity index (χ3n) is 4.93. The van der Waals surface area contributed by atoms with Crippen molar-refractivity contribution in [2.24, 2.45) is 0 Å². The molecule has 1 N–H and O–H groups in total. The molecule has 0 saturated carbocycles. The lowest BCUT2D eigenvalue weighted by atomic mass is 10.1. The van der Waals surface area contributed by atoms with Gasteiger partial charge >= 0.3 is 6.03 Å². The summed E-state index contributed by atoms with van der Waals surface area (Å²) in [5.74, 6) is 0.622. The quantitative estimate of drug-likeness (QED) is 0.234. The lowest BCUT2D eigenvalue weighted by Gasteiger charge is -2.14. The second kappa shape index (κ2) is 10.6. The summed E-state index contributed by atoms with van der Waals surface area (Å²) in [6, 6.07) is 17.3. The van der Waals surface area contributed by atoms with Gasteiger partial charge in [0.15, 0.2) is 11.5 Å². The van der Waals surface area contributed by atoms with Gasteiger partial charge in [-0.15, -0.1) is 0 Å². The van der Waals surface area contributed by atoms with Crippen LogP contribution in [0, 0.1) is 0 Å². The smallest absolute Gasteiger partial charge is 0.333 e. The first-order chi connectivity index (χ1) is 16.4. The van der Waals surface area contributed by atoms with Crippen molar-refractivity contribution in [2.75, 3.05) is 11.5 Å². The number of carbonyl (C=O) groups excluding carboxylic acids is 2. The summed E-state index contributed by atoms with van der Waals surface area (Å²) in [7, 11) is 0. The number of benzene rings is 3. The molecule has 0 bridgehead atoms. The molecule has 1 fully saturated rings. The molecule has 4 rings (SSSR count). The Morgan fingerprint density at radius 3 is 2.32 bits per heavy atom. The van der Waals surface area contributed by atoms with Crippen LogP contribution in [0.25, 0.3) is 6.08 Å². The van der Waals surface area contributed by atoms with Crippen LogP contribution in [0.15, 0.2) is 75.3 Å². The Hall–Kier alpha value is -2.81. The molecule has 1 aliphatic heterocycles. The van der Waals surface area contributed by atoms with Crippen LogP contribution in [-0.2, 0) is 11.4 Å². The van der Waals surface area contributed by atoms with E-state index < -0.39 is 11.9 Å². The lowest BCUT2D eigenvalue weighted by molar-refractivity contribution is -0.113. The number of nitrogens with one attached hydrogen (secondary N) is 1. The first kappa shape index (κ1) is 24.3. The van der Waals surface area contributed by atoms with E-state index in [1.165, 1.54) is 0 Å². The monoisotopic (exact) mass is 604 g/mol. The van der Waals surface area contributed by atoms with Crippen LogP contribution in [0.1, 0.15) is 18.1 Å². The highest BCUT2D eigenvalue weighted by molar-refractivity contribution is 9.10. The first-order valence-corrected chi connectivity index (χ1v) is 12.3. The van der Waals surface area contributed by atoms with Crippen molar-refractivity contribution in [3.8, 4) is 11.5 Å². The summed E-state index contributed by atoms with van der Waals surface area (Å²) in [5.41, 5.74) is 2.24. The van der Waals surface area contributed by atoms with Gasteiger partial charge in [0.1, 0.15) is 12.3 Å². The maximum absolute atomic E-state index is 12.9. The third kappa shape index (κ3) is 5.46. The van der Waals surface area contributed by atoms with Crippen LogP contribution in [0.4, 0.5) is 10.5 Å². The number of halogens is 3. The number of hydrogen-bond donors (Lipinski definition) is 1. The van der Waals surface area contributed by atoms with Gasteiger partial charge in [0.2, 0.25) is 0 Å². The highest BCUT2D eigenvalue weighted by Crippen LogP contribution is 2.36. The van der Waals surface area contributed by atoms with E-state index in [1.54, 1.807) is 42.5 Å². The van der Waals surface area contributed by atoms with E-state index in [2.05, 4.69) is 37.2 Å². The summed E-state index contributed by atoms with van der Waals surface area (Å²) in [6.45, 7) is 2.68. The molecule has 6 nitrogen and oxygen atoms in total. The average Bonchev–Trinajstić information content (AvgIpc) is 3.09. The molecule has 3 aromatic rings. The zero-order valence-electron chi connectivity index (χ0n) is 18.0. The number of amides is 3. The SMILES string of the molecule is CCOc1cc(/C=C2/NC(=O)N(c3ccc(Cl)cc3)C2=O)c(Br)cc1OCc1ccc(Br)cc1. The molecule has 3 aromatic carbocycles. The Morgan fingerprint density at radius 1 is 0.971 bits per heavy atom. The lowest BCUT2D eigenvalue weighted by Crippen LogP contribution is -2.30. The molecule has 0 atom stereocenters. The summed E-state index contributed by atoms with van der Waals surface area (Å²) < 4.78 is 13.5. The second-order valence-electron chi connectivity index (χ2n) is 7.27. The molecule has 0 spiro atoms. The predicted octanol–water partition coefficient (Wildman–Crippen LogP) is 6.94. The average molecular weight is 607 g/mol. The Morgan fingerprint density at radius 2 is 1.65 bits per heavy atom. The first-order valence-electron chi connectivity index (χ1n) is 10.3. The van der Waals surface area contributed by atoms with Crippen molar-refractivity contribution in [3.05, 3.63) is 91.5 Å². The third-order valence-corrected chi connectivity index (χ3v) is 6.40. The fourth-order valence-electron chi connectivity index (χ4n) is 3.30. The van der Waals surface area contributed by atoms with Gasteiger partial charge in [-0.1, -0.05) is 55.6 Å². The molecule has 34 heavy (non-hydrogen) atoms. The molecular weight excluding hydrogens is 588 g/mol. The number of anilines is 1. The van der Waals surface area contributed by atoms with Gasteiger partial charge < -0.3 is 14.8 Å². The van der Waals surface area contributed by atoms with Gasteiger partial charge in [-0.3, -0.25) is 4.79 Å². The molecule has 0 aromatic heterocycles. The van der Waals surface area contributed by atoms with E-state index in [9.17, 15) is 9.59 Å². The normalized spacial score (nSPS) is 14.5. The number of imide groups is 1. The van der Waals surface area contributed by atoms with Crippen molar-refractivity contribution >= 4 is 67.2 Å². The Balaban J connectivity index is 1.59. The van der Waals surface area contributed by atoms with Crippen molar-refractivity contribution in [1.82, 2.24) is 5.32 Å². The standard InChI is InChI=1S/C25H19Br2ClN2O4/c1-2-33-22-12-16(20(27)13-23(22)34-14-15-3-5-17(26)6-4-15)11-21-24(31)30(25(32)29-21)19-9-7-18(28)8-10-19/h3-13H,2,14H2,1H3,(H,29,32)/b21-11+. The van der Waals surface area contributed by atoms with Gasteiger partial charge in [-0.05, 0) is 72.7 Å². The van der Waals surface area contributed by atoms with Crippen LogP contribution < -0.4 is 19.7 Å². The van der Waals surface area contributed by atoms with Crippen molar-refractivity contribution in [1.29, 1.82) is 0 Å². The molecule has 3 amide bonds. The van der Waals surface area contributed by atoms with Crippen LogP contribution >= 0.6 is 43.5 Å². The maximum Gasteiger partial charge on any atom is 0.333 e. The molecule has 0 radical (unpaired) electrons. The second-order valence-corrected chi connectivity index (χ2v) is 9.48. The van der Waals surface area contributed by atoms with E-state index in [0.29, 0.717) is 45.5 Å². The highest BCUT2D eigenvalue weighted by Gasteiger charge is 2.35. The van der Waals surface area contributed by atoms with E-state index in [4.69, 9.17) is 21.1 Å². The maximum atomic E-state index is 12.9. The number of urea groups is 1. The number of hydrogen-bond acceptors (Lipinski definition) is 4. The fraction of sp³-hybridized carbons (Fsp3) is 0.120. The van der Waals surface area contributed by atoms with Crippen LogP contribution in [-0.4, -0.2) is 18.5 Å². The molecule has 1 heterocycles. The van der Waals surface area contributed by atoms with Gasteiger partial charge in [0.25, 0.3) is 5.91 Å². The molecular formula is C25H19Br2ClN2O4. The van der Waals surface area contributed by atoms with Crippen LogP contribution in [0.2, 0.25) is 5.02 Å². The zero-order chi connectivity index (χ0) is 24.2. The largest absolute Gasteiger partial charge is 0.490 e. The molecule has 9 heteroatoms. The summed E-state index contributed by atoms with van der Waals surface area (Å²) in [4.78, 5) is 26.5.